The fourth-order valence-corrected chi connectivity index (χ4v) is 2.61. The van der Waals surface area contributed by atoms with Crippen LogP contribution in [0.5, 0.6) is 0 Å². The molecule has 1 aliphatic rings. The SMILES string of the molecule is COCCN1CCN(C(=O)c2cccc(CNCN)c2)CC1. The van der Waals surface area contributed by atoms with Crippen LogP contribution in [-0.2, 0) is 11.3 Å². The number of amides is 1. The van der Waals surface area contributed by atoms with E-state index in [0.29, 0.717) is 13.2 Å². The fraction of sp³-hybridized carbons (Fsp3) is 0.562. The van der Waals surface area contributed by atoms with Crippen molar-refractivity contribution in [3.8, 4) is 0 Å². The molecule has 0 radical (unpaired) electrons. The second kappa shape index (κ2) is 8.85. The molecule has 0 unspecified atom stereocenters. The van der Waals surface area contributed by atoms with Crippen LogP contribution in [0.4, 0.5) is 0 Å². The van der Waals surface area contributed by atoms with Gasteiger partial charge in [0, 0.05) is 58.6 Å². The zero-order valence-corrected chi connectivity index (χ0v) is 13.3. The lowest BCUT2D eigenvalue weighted by atomic mass is 10.1. The summed E-state index contributed by atoms with van der Waals surface area (Å²) in [5.41, 5.74) is 7.27. The smallest absolute Gasteiger partial charge is 0.253 e. The van der Waals surface area contributed by atoms with E-state index in [1.807, 2.05) is 29.2 Å². The van der Waals surface area contributed by atoms with E-state index in [-0.39, 0.29) is 5.91 Å². The molecular weight excluding hydrogens is 280 g/mol. The number of hydrogen-bond acceptors (Lipinski definition) is 5. The number of nitrogens with two attached hydrogens (primary N) is 1. The Bertz CT molecular complexity index is 473. The van der Waals surface area contributed by atoms with Crippen molar-refractivity contribution < 1.29 is 9.53 Å². The highest BCUT2D eigenvalue weighted by Gasteiger charge is 2.21. The largest absolute Gasteiger partial charge is 0.383 e. The Kier molecular flexibility index (Phi) is 6.79. The van der Waals surface area contributed by atoms with Crippen LogP contribution in [0, 0.1) is 0 Å². The van der Waals surface area contributed by atoms with E-state index in [0.717, 1.165) is 50.5 Å². The number of rotatable bonds is 7. The molecule has 1 amide bonds. The van der Waals surface area contributed by atoms with Gasteiger partial charge in [0.1, 0.15) is 0 Å². The maximum absolute atomic E-state index is 12.6. The van der Waals surface area contributed by atoms with Gasteiger partial charge in [0.15, 0.2) is 0 Å². The van der Waals surface area contributed by atoms with Crippen LogP contribution >= 0.6 is 0 Å². The van der Waals surface area contributed by atoms with Gasteiger partial charge in [-0.1, -0.05) is 12.1 Å². The van der Waals surface area contributed by atoms with Crippen molar-refractivity contribution in [1.82, 2.24) is 15.1 Å². The molecule has 0 aromatic heterocycles. The standard InChI is InChI=1S/C16H26N4O2/c1-22-10-9-19-5-7-20(8-6-19)16(21)15-4-2-3-14(11-15)12-18-13-17/h2-4,11,18H,5-10,12-13,17H2,1H3. The molecule has 22 heavy (non-hydrogen) atoms. The Balaban J connectivity index is 1.89. The first-order valence-corrected chi connectivity index (χ1v) is 7.75. The lowest BCUT2D eigenvalue weighted by molar-refractivity contribution is 0.0594. The van der Waals surface area contributed by atoms with Gasteiger partial charge in [0.2, 0.25) is 0 Å². The van der Waals surface area contributed by atoms with Crippen LogP contribution in [0.15, 0.2) is 24.3 Å². The molecule has 122 valence electrons. The van der Waals surface area contributed by atoms with Crippen molar-refractivity contribution in [2.45, 2.75) is 6.54 Å². The first kappa shape index (κ1) is 16.9. The van der Waals surface area contributed by atoms with E-state index in [2.05, 4.69) is 10.2 Å². The minimum absolute atomic E-state index is 0.112. The van der Waals surface area contributed by atoms with Crippen molar-refractivity contribution in [3.63, 3.8) is 0 Å². The average Bonchev–Trinajstić information content (AvgIpc) is 2.58. The van der Waals surface area contributed by atoms with E-state index < -0.39 is 0 Å². The summed E-state index contributed by atoms with van der Waals surface area (Å²) >= 11 is 0. The number of nitrogens with one attached hydrogen (secondary N) is 1. The van der Waals surface area contributed by atoms with Gasteiger partial charge in [0.05, 0.1) is 6.61 Å². The summed E-state index contributed by atoms with van der Waals surface area (Å²) in [6, 6.07) is 7.76. The summed E-state index contributed by atoms with van der Waals surface area (Å²) in [5, 5.41) is 3.07. The maximum atomic E-state index is 12.6. The summed E-state index contributed by atoms with van der Waals surface area (Å²) in [7, 11) is 1.71. The van der Waals surface area contributed by atoms with E-state index in [4.69, 9.17) is 10.5 Å². The van der Waals surface area contributed by atoms with Gasteiger partial charge in [-0.05, 0) is 17.7 Å². The molecule has 1 fully saturated rings. The van der Waals surface area contributed by atoms with Crippen molar-refractivity contribution in [2.75, 3.05) is 53.1 Å². The van der Waals surface area contributed by atoms with Gasteiger partial charge in [-0.15, -0.1) is 0 Å². The van der Waals surface area contributed by atoms with E-state index >= 15 is 0 Å². The number of hydrogen-bond donors (Lipinski definition) is 2. The summed E-state index contributed by atoms with van der Waals surface area (Å²) in [5.74, 6) is 0.112. The Morgan fingerprint density at radius 1 is 1.32 bits per heavy atom. The van der Waals surface area contributed by atoms with Crippen molar-refractivity contribution in [1.29, 1.82) is 0 Å². The number of carbonyl (C=O) groups excluding carboxylic acids is 1. The minimum atomic E-state index is 0.112. The monoisotopic (exact) mass is 306 g/mol. The number of ether oxygens (including phenoxy) is 1. The third kappa shape index (κ3) is 4.78. The topological polar surface area (TPSA) is 70.8 Å². The molecule has 0 aliphatic carbocycles. The zero-order chi connectivity index (χ0) is 15.8. The molecule has 2 rings (SSSR count). The lowest BCUT2D eigenvalue weighted by Crippen LogP contribution is -2.49. The first-order valence-electron chi connectivity index (χ1n) is 7.75. The number of benzene rings is 1. The molecule has 1 aliphatic heterocycles. The van der Waals surface area contributed by atoms with Crippen LogP contribution in [-0.4, -0.2) is 68.8 Å². The fourth-order valence-electron chi connectivity index (χ4n) is 2.61. The molecule has 1 aromatic rings. The van der Waals surface area contributed by atoms with Gasteiger partial charge in [-0.2, -0.15) is 0 Å². The van der Waals surface area contributed by atoms with Gasteiger partial charge >= 0.3 is 0 Å². The Morgan fingerprint density at radius 2 is 2.09 bits per heavy atom. The molecule has 3 N–H and O–H groups in total. The molecule has 0 saturated carbocycles. The minimum Gasteiger partial charge on any atom is -0.383 e. The molecular formula is C16H26N4O2. The van der Waals surface area contributed by atoms with Crippen molar-refractivity contribution in [2.24, 2.45) is 5.73 Å². The highest BCUT2D eigenvalue weighted by Crippen LogP contribution is 2.11. The Labute approximate surface area is 132 Å². The Morgan fingerprint density at radius 3 is 2.77 bits per heavy atom. The third-order valence-electron chi connectivity index (χ3n) is 3.92. The van der Waals surface area contributed by atoms with E-state index in [9.17, 15) is 4.79 Å². The van der Waals surface area contributed by atoms with Gasteiger partial charge in [-0.3, -0.25) is 9.69 Å². The van der Waals surface area contributed by atoms with E-state index in [1.165, 1.54) is 0 Å². The summed E-state index contributed by atoms with van der Waals surface area (Å²) in [6.45, 7) is 6.14. The Hall–Kier alpha value is -1.47. The van der Waals surface area contributed by atoms with Crippen LogP contribution in [0.3, 0.4) is 0 Å². The molecule has 1 saturated heterocycles. The van der Waals surface area contributed by atoms with Crippen LogP contribution in [0.2, 0.25) is 0 Å². The maximum Gasteiger partial charge on any atom is 0.253 e. The van der Waals surface area contributed by atoms with Gasteiger partial charge < -0.3 is 20.7 Å². The number of methoxy groups -OCH3 is 1. The highest BCUT2D eigenvalue weighted by molar-refractivity contribution is 5.94. The molecule has 0 bridgehead atoms. The number of carbonyl (C=O) groups is 1. The first-order chi connectivity index (χ1) is 10.7. The normalized spacial score (nSPS) is 16.0. The molecule has 0 spiro atoms. The number of piperazine rings is 1. The average molecular weight is 306 g/mol. The third-order valence-corrected chi connectivity index (χ3v) is 3.92. The highest BCUT2D eigenvalue weighted by atomic mass is 16.5. The second-order valence-corrected chi connectivity index (χ2v) is 5.46. The molecule has 1 heterocycles. The summed E-state index contributed by atoms with van der Waals surface area (Å²) in [6.07, 6.45) is 0. The van der Waals surface area contributed by atoms with Crippen LogP contribution in [0.25, 0.3) is 0 Å². The zero-order valence-electron chi connectivity index (χ0n) is 13.3. The number of nitrogens with zero attached hydrogens (tertiary/aromatic N) is 2. The second-order valence-electron chi connectivity index (χ2n) is 5.46. The molecule has 1 aromatic carbocycles. The van der Waals surface area contributed by atoms with Gasteiger partial charge in [0.25, 0.3) is 5.91 Å². The predicted octanol–water partition coefficient (Wildman–Crippen LogP) is 0.0966. The predicted molar refractivity (Wildman–Crippen MR) is 86.6 cm³/mol. The van der Waals surface area contributed by atoms with Crippen LogP contribution < -0.4 is 11.1 Å². The quantitative estimate of drug-likeness (QED) is 0.699. The van der Waals surface area contributed by atoms with Crippen LogP contribution in [0.1, 0.15) is 15.9 Å². The van der Waals surface area contributed by atoms with Crippen molar-refractivity contribution >= 4 is 5.91 Å². The summed E-state index contributed by atoms with van der Waals surface area (Å²) in [4.78, 5) is 16.8. The van der Waals surface area contributed by atoms with E-state index in [1.54, 1.807) is 7.11 Å². The van der Waals surface area contributed by atoms with Crippen molar-refractivity contribution in [3.05, 3.63) is 35.4 Å². The molecule has 0 atom stereocenters. The summed E-state index contributed by atoms with van der Waals surface area (Å²) < 4.78 is 5.10. The molecule has 6 heteroatoms. The lowest BCUT2D eigenvalue weighted by Gasteiger charge is -2.34. The molecule has 6 nitrogen and oxygen atoms in total. The van der Waals surface area contributed by atoms with Gasteiger partial charge in [-0.25, -0.2) is 0 Å².